The number of esters is 2. The first kappa shape index (κ1) is 21.0. The van der Waals surface area contributed by atoms with Gasteiger partial charge in [0.15, 0.2) is 5.11 Å². The number of carbonyl (C=O) groups excluding carboxylic acids is 3. The molecule has 0 saturated heterocycles. The first-order valence-electron chi connectivity index (χ1n) is 8.52. The third kappa shape index (κ3) is 5.88. The number of anilines is 1. The Bertz CT molecular complexity index is 863. The minimum Gasteiger partial charge on any atom is -0.465 e. The van der Waals surface area contributed by atoms with Crippen LogP contribution in [0.2, 0.25) is 0 Å². The van der Waals surface area contributed by atoms with Crippen LogP contribution >= 0.6 is 12.2 Å². The second-order valence-electron chi connectivity index (χ2n) is 5.69. The van der Waals surface area contributed by atoms with Gasteiger partial charge in [-0.1, -0.05) is 6.92 Å². The van der Waals surface area contributed by atoms with Crippen molar-refractivity contribution in [3.8, 4) is 0 Å². The Kier molecular flexibility index (Phi) is 7.65. The van der Waals surface area contributed by atoms with Crippen LogP contribution in [0.25, 0.3) is 0 Å². The Morgan fingerprint density at radius 1 is 0.893 bits per heavy atom. The minimum absolute atomic E-state index is 0.100. The summed E-state index contributed by atoms with van der Waals surface area (Å²) in [4.78, 5) is 35.4. The van der Waals surface area contributed by atoms with Gasteiger partial charge in [-0.3, -0.25) is 10.1 Å². The average Bonchev–Trinajstić information content (AvgIpc) is 2.71. The highest BCUT2D eigenvalue weighted by Crippen LogP contribution is 2.11. The van der Waals surface area contributed by atoms with Crippen LogP contribution in [0.4, 0.5) is 5.69 Å². The molecule has 0 heterocycles. The lowest BCUT2D eigenvalue weighted by Gasteiger charge is -2.10. The zero-order valence-electron chi connectivity index (χ0n) is 15.5. The van der Waals surface area contributed by atoms with Crippen LogP contribution in [0.3, 0.4) is 0 Å². The van der Waals surface area contributed by atoms with Crippen LogP contribution in [0, 0.1) is 0 Å². The topological polar surface area (TPSA) is 93.7 Å². The van der Waals surface area contributed by atoms with Crippen LogP contribution in [0.15, 0.2) is 48.5 Å². The summed E-state index contributed by atoms with van der Waals surface area (Å²) < 4.78 is 9.67. The van der Waals surface area contributed by atoms with E-state index in [0.29, 0.717) is 29.0 Å². The lowest BCUT2D eigenvalue weighted by atomic mass is 10.1. The van der Waals surface area contributed by atoms with Gasteiger partial charge < -0.3 is 14.8 Å². The van der Waals surface area contributed by atoms with E-state index in [-0.39, 0.29) is 11.1 Å². The van der Waals surface area contributed by atoms with E-state index in [1.165, 1.54) is 31.4 Å². The van der Waals surface area contributed by atoms with Gasteiger partial charge in [0.1, 0.15) is 0 Å². The van der Waals surface area contributed by atoms with Gasteiger partial charge in [0.2, 0.25) is 0 Å². The molecule has 7 nitrogen and oxygen atoms in total. The number of amides is 1. The molecule has 0 saturated carbocycles. The van der Waals surface area contributed by atoms with E-state index in [1.54, 1.807) is 24.3 Å². The molecule has 2 N–H and O–H groups in total. The molecule has 28 heavy (non-hydrogen) atoms. The van der Waals surface area contributed by atoms with Crippen molar-refractivity contribution in [3.05, 3.63) is 65.2 Å². The van der Waals surface area contributed by atoms with Crippen LogP contribution in [0.1, 0.15) is 44.4 Å². The second kappa shape index (κ2) is 10.2. The monoisotopic (exact) mass is 400 g/mol. The molecule has 1 amide bonds. The molecule has 2 aromatic rings. The molecule has 0 aliphatic rings. The van der Waals surface area contributed by atoms with Gasteiger partial charge in [-0.25, -0.2) is 9.59 Å². The van der Waals surface area contributed by atoms with E-state index in [9.17, 15) is 14.4 Å². The maximum atomic E-state index is 12.2. The third-order valence-corrected chi connectivity index (χ3v) is 3.82. The number of methoxy groups -OCH3 is 1. The highest BCUT2D eigenvalue weighted by atomic mass is 32.1. The number of benzene rings is 2. The molecule has 0 fully saturated rings. The predicted molar refractivity (Wildman–Crippen MR) is 108 cm³/mol. The average molecular weight is 400 g/mol. The minimum atomic E-state index is -0.480. The molecule has 8 heteroatoms. The smallest absolute Gasteiger partial charge is 0.338 e. The molecule has 0 bridgehead atoms. The Morgan fingerprint density at radius 2 is 1.43 bits per heavy atom. The Labute approximate surface area is 168 Å². The number of thiocarbonyl (C=S) groups is 1. The SMILES string of the molecule is CCCOC(=O)c1ccc(NC(=S)NC(=O)c2ccc(C(=O)OC)cc2)cc1. The molecule has 0 atom stereocenters. The van der Waals surface area contributed by atoms with Crippen molar-refractivity contribution in [2.75, 3.05) is 19.0 Å². The maximum absolute atomic E-state index is 12.2. The molecular weight excluding hydrogens is 380 g/mol. The molecule has 0 spiro atoms. The van der Waals surface area contributed by atoms with Gasteiger partial charge in [-0.05, 0) is 67.2 Å². The van der Waals surface area contributed by atoms with Crippen LogP contribution in [-0.2, 0) is 9.47 Å². The molecule has 2 aromatic carbocycles. The van der Waals surface area contributed by atoms with Crippen molar-refractivity contribution in [1.82, 2.24) is 5.32 Å². The fourth-order valence-electron chi connectivity index (χ4n) is 2.18. The largest absolute Gasteiger partial charge is 0.465 e. The predicted octanol–water partition coefficient (Wildman–Crippen LogP) is 3.17. The maximum Gasteiger partial charge on any atom is 0.338 e. The summed E-state index contributed by atoms with van der Waals surface area (Å²) in [5.41, 5.74) is 1.72. The Hall–Kier alpha value is -3.26. The summed E-state index contributed by atoms with van der Waals surface area (Å²) in [7, 11) is 1.29. The van der Waals surface area contributed by atoms with Gasteiger partial charge >= 0.3 is 11.9 Å². The van der Waals surface area contributed by atoms with Gasteiger partial charge in [-0.2, -0.15) is 0 Å². The van der Waals surface area contributed by atoms with E-state index in [2.05, 4.69) is 15.4 Å². The number of nitrogens with one attached hydrogen (secondary N) is 2. The summed E-state index contributed by atoms with van der Waals surface area (Å²) in [5.74, 6) is -1.29. The summed E-state index contributed by atoms with van der Waals surface area (Å²) in [6, 6.07) is 12.5. The lowest BCUT2D eigenvalue weighted by Crippen LogP contribution is -2.34. The Balaban J connectivity index is 1.91. The van der Waals surface area contributed by atoms with Crippen molar-refractivity contribution in [3.63, 3.8) is 0 Å². The number of hydrogen-bond donors (Lipinski definition) is 2. The first-order chi connectivity index (χ1) is 13.4. The number of ether oxygens (including phenoxy) is 2. The van der Waals surface area contributed by atoms with Crippen molar-refractivity contribution >= 4 is 40.9 Å². The standard InChI is InChI=1S/C20H20N2O5S/c1-3-12-27-19(25)15-8-10-16(11-9-15)21-20(28)22-17(23)13-4-6-14(7-5-13)18(24)26-2/h4-11H,3,12H2,1-2H3,(H2,21,22,23,28). The van der Waals surface area contributed by atoms with Gasteiger partial charge in [-0.15, -0.1) is 0 Å². The summed E-state index contributed by atoms with van der Waals surface area (Å²) in [5, 5.41) is 5.51. The van der Waals surface area contributed by atoms with E-state index < -0.39 is 11.9 Å². The van der Waals surface area contributed by atoms with E-state index >= 15 is 0 Å². The number of carbonyl (C=O) groups is 3. The van der Waals surface area contributed by atoms with E-state index in [4.69, 9.17) is 17.0 Å². The quantitative estimate of drug-likeness (QED) is 0.568. The number of rotatable bonds is 6. The fraction of sp³-hybridized carbons (Fsp3) is 0.200. The molecular formula is C20H20N2O5S. The molecule has 0 aliphatic carbocycles. The molecule has 0 aliphatic heterocycles. The van der Waals surface area contributed by atoms with Gasteiger partial charge in [0.25, 0.3) is 5.91 Å². The Morgan fingerprint density at radius 3 is 2.00 bits per heavy atom. The second-order valence-corrected chi connectivity index (χ2v) is 6.10. The summed E-state index contributed by atoms with van der Waals surface area (Å²) >= 11 is 5.13. The van der Waals surface area contributed by atoms with Crippen LogP contribution in [-0.4, -0.2) is 36.7 Å². The zero-order valence-corrected chi connectivity index (χ0v) is 16.3. The van der Waals surface area contributed by atoms with Crippen molar-refractivity contribution in [2.45, 2.75) is 13.3 Å². The highest BCUT2D eigenvalue weighted by molar-refractivity contribution is 7.80. The molecule has 0 radical (unpaired) electrons. The van der Waals surface area contributed by atoms with E-state index in [0.717, 1.165) is 6.42 Å². The van der Waals surface area contributed by atoms with Crippen molar-refractivity contribution in [1.29, 1.82) is 0 Å². The molecule has 0 aromatic heterocycles. The van der Waals surface area contributed by atoms with Crippen LogP contribution < -0.4 is 10.6 Å². The lowest BCUT2D eigenvalue weighted by molar-refractivity contribution is 0.0504. The van der Waals surface area contributed by atoms with Crippen LogP contribution in [0.5, 0.6) is 0 Å². The summed E-state index contributed by atoms with van der Waals surface area (Å²) in [6.07, 6.45) is 0.755. The first-order valence-corrected chi connectivity index (χ1v) is 8.93. The normalized spacial score (nSPS) is 9.93. The van der Waals surface area contributed by atoms with Gasteiger partial charge in [0, 0.05) is 11.3 Å². The fourth-order valence-corrected chi connectivity index (χ4v) is 2.39. The van der Waals surface area contributed by atoms with E-state index in [1.807, 2.05) is 6.92 Å². The van der Waals surface area contributed by atoms with Crippen molar-refractivity contribution in [2.24, 2.45) is 0 Å². The molecule has 2 rings (SSSR count). The summed E-state index contributed by atoms with van der Waals surface area (Å²) in [6.45, 7) is 2.29. The zero-order chi connectivity index (χ0) is 20.5. The third-order valence-electron chi connectivity index (χ3n) is 3.61. The number of hydrogen-bond acceptors (Lipinski definition) is 6. The van der Waals surface area contributed by atoms with Crippen molar-refractivity contribution < 1.29 is 23.9 Å². The highest BCUT2D eigenvalue weighted by Gasteiger charge is 2.11. The van der Waals surface area contributed by atoms with Gasteiger partial charge in [0.05, 0.1) is 24.8 Å². The molecule has 0 unspecified atom stereocenters. The molecule has 146 valence electrons.